The molecular formula is C19H16N2O3S. The Kier molecular flexibility index (Phi) is 4.02. The molecule has 1 aliphatic rings. The fraction of sp³-hybridized carbons (Fsp3) is 0.263. The first-order valence-electron chi connectivity index (χ1n) is 7.67. The first-order chi connectivity index (χ1) is 11.9. The monoisotopic (exact) mass is 352 g/mol. The Hall–Kier alpha value is -2.83. The van der Waals surface area contributed by atoms with E-state index in [1.54, 1.807) is 36.4 Å². The van der Waals surface area contributed by atoms with Gasteiger partial charge in [0.1, 0.15) is 11.0 Å². The van der Waals surface area contributed by atoms with Crippen LogP contribution in [0.5, 0.6) is 5.75 Å². The summed E-state index contributed by atoms with van der Waals surface area (Å²) < 4.78 is 31.1. The summed E-state index contributed by atoms with van der Waals surface area (Å²) in [4.78, 5) is 0.133. The Morgan fingerprint density at radius 2 is 1.56 bits per heavy atom. The van der Waals surface area contributed by atoms with Crippen molar-refractivity contribution in [3.63, 3.8) is 0 Å². The van der Waals surface area contributed by atoms with Crippen LogP contribution in [0.15, 0.2) is 53.4 Å². The van der Waals surface area contributed by atoms with Crippen molar-refractivity contribution < 1.29 is 13.2 Å². The van der Waals surface area contributed by atoms with Gasteiger partial charge in [0.05, 0.1) is 24.1 Å². The number of benzene rings is 2. The van der Waals surface area contributed by atoms with E-state index in [2.05, 4.69) is 0 Å². The molecule has 0 unspecified atom stereocenters. The summed E-state index contributed by atoms with van der Waals surface area (Å²) in [5, 5.41) is 18.0. The Labute approximate surface area is 147 Å². The lowest BCUT2D eigenvalue weighted by Gasteiger charge is -2.05. The minimum absolute atomic E-state index is 0.133. The van der Waals surface area contributed by atoms with Crippen molar-refractivity contribution in [1.29, 1.82) is 10.5 Å². The zero-order valence-corrected chi connectivity index (χ0v) is 14.6. The largest absolute Gasteiger partial charge is 0.497 e. The van der Waals surface area contributed by atoms with Crippen LogP contribution < -0.4 is 4.74 Å². The van der Waals surface area contributed by atoms with Gasteiger partial charge in [-0.3, -0.25) is 0 Å². The summed E-state index contributed by atoms with van der Waals surface area (Å²) in [6, 6.07) is 17.2. The predicted octanol–water partition coefficient (Wildman–Crippen LogP) is 2.98. The zero-order valence-electron chi connectivity index (χ0n) is 13.8. The number of aryl methyl sites for hydroxylation is 1. The molecule has 2 aromatic carbocycles. The van der Waals surface area contributed by atoms with Crippen LogP contribution in [0, 0.1) is 35.0 Å². The summed E-state index contributed by atoms with van der Waals surface area (Å²) in [5.74, 6) is -0.0541. The van der Waals surface area contributed by atoms with Crippen LogP contribution in [0.25, 0.3) is 0 Å². The quantitative estimate of drug-likeness (QED) is 0.843. The van der Waals surface area contributed by atoms with E-state index in [0.29, 0.717) is 11.3 Å². The van der Waals surface area contributed by atoms with Crippen LogP contribution in [-0.4, -0.2) is 20.8 Å². The van der Waals surface area contributed by atoms with Crippen molar-refractivity contribution in [1.82, 2.24) is 0 Å². The SMILES string of the molecule is COc1ccc([C@H]2[C@H](S(=O)(=O)c3ccc(C)cc3)C2(C#N)C#N)cc1. The van der Waals surface area contributed by atoms with Gasteiger partial charge in [0, 0.05) is 5.92 Å². The fourth-order valence-corrected chi connectivity index (χ4v) is 5.40. The predicted molar refractivity (Wildman–Crippen MR) is 91.5 cm³/mol. The average molecular weight is 352 g/mol. The molecule has 0 heterocycles. The van der Waals surface area contributed by atoms with E-state index in [4.69, 9.17) is 4.74 Å². The first-order valence-corrected chi connectivity index (χ1v) is 9.22. The Morgan fingerprint density at radius 3 is 2.04 bits per heavy atom. The van der Waals surface area contributed by atoms with E-state index in [9.17, 15) is 18.9 Å². The molecule has 1 saturated carbocycles. The van der Waals surface area contributed by atoms with E-state index in [0.717, 1.165) is 5.56 Å². The number of hydrogen-bond donors (Lipinski definition) is 0. The lowest BCUT2D eigenvalue weighted by molar-refractivity contribution is 0.414. The maximum absolute atomic E-state index is 13.0. The minimum Gasteiger partial charge on any atom is -0.497 e. The van der Waals surface area contributed by atoms with Crippen molar-refractivity contribution in [2.24, 2.45) is 5.41 Å². The van der Waals surface area contributed by atoms with Crippen molar-refractivity contribution >= 4 is 9.84 Å². The highest BCUT2D eigenvalue weighted by Gasteiger charge is 2.73. The van der Waals surface area contributed by atoms with Crippen molar-refractivity contribution in [2.45, 2.75) is 23.0 Å². The van der Waals surface area contributed by atoms with Crippen LogP contribution in [0.1, 0.15) is 17.0 Å². The molecule has 3 rings (SSSR count). The topological polar surface area (TPSA) is 90.9 Å². The molecule has 126 valence electrons. The number of methoxy groups -OCH3 is 1. The van der Waals surface area contributed by atoms with Gasteiger partial charge in [-0.2, -0.15) is 10.5 Å². The maximum atomic E-state index is 13.0. The second-order valence-corrected chi connectivity index (χ2v) is 8.19. The van der Waals surface area contributed by atoms with Crippen LogP contribution in [-0.2, 0) is 9.84 Å². The van der Waals surface area contributed by atoms with Crippen LogP contribution in [0.4, 0.5) is 0 Å². The zero-order chi connectivity index (χ0) is 18.2. The molecule has 1 aliphatic carbocycles. The fourth-order valence-electron chi connectivity index (χ4n) is 3.19. The average Bonchev–Trinajstić information content (AvgIpc) is 3.33. The lowest BCUT2D eigenvalue weighted by atomic mass is 10.0. The molecular weight excluding hydrogens is 336 g/mol. The molecule has 0 amide bonds. The van der Waals surface area contributed by atoms with Crippen LogP contribution in [0.3, 0.4) is 0 Å². The summed E-state index contributed by atoms with van der Waals surface area (Å²) in [5.41, 5.74) is 0.0102. The van der Waals surface area contributed by atoms with Gasteiger partial charge in [-0.15, -0.1) is 0 Å². The minimum atomic E-state index is -3.80. The highest BCUT2D eigenvalue weighted by Crippen LogP contribution is 2.63. The number of nitrogens with zero attached hydrogens (tertiary/aromatic N) is 2. The molecule has 0 radical (unpaired) electrons. The van der Waals surface area contributed by atoms with Gasteiger partial charge < -0.3 is 4.74 Å². The molecule has 1 fully saturated rings. The van der Waals surface area contributed by atoms with Gasteiger partial charge in [-0.25, -0.2) is 8.42 Å². The standard InChI is InChI=1S/C19H16N2O3S/c1-13-3-9-16(10-4-13)25(22,23)18-17(19(18,11-20)12-21)14-5-7-15(24-2)8-6-14/h3-10,17-18H,1-2H3/t17-,18-/m0/s1. The highest BCUT2D eigenvalue weighted by molar-refractivity contribution is 7.92. The molecule has 0 saturated heterocycles. The van der Waals surface area contributed by atoms with Gasteiger partial charge in [-0.05, 0) is 36.8 Å². The van der Waals surface area contributed by atoms with E-state index in [1.165, 1.54) is 19.2 Å². The van der Waals surface area contributed by atoms with Gasteiger partial charge >= 0.3 is 0 Å². The molecule has 0 spiro atoms. The van der Waals surface area contributed by atoms with Crippen LogP contribution >= 0.6 is 0 Å². The lowest BCUT2D eigenvalue weighted by Crippen LogP contribution is -2.14. The number of hydrogen-bond acceptors (Lipinski definition) is 5. The Morgan fingerprint density at radius 1 is 1.00 bits per heavy atom. The Balaban J connectivity index is 2.06. The third kappa shape index (κ3) is 2.56. The number of ether oxygens (including phenoxy) is 1. The van der Waals surface area contributed by atoms with Gasteiger partial charge in [0.2, 0.25) is 0 Å². The third-order valence-electron chi connectivity index (χ3n) is 4.66. The second-order valence-electron chi connectivity index (χ2n) is 6.12. The molecule has 0 aliphatic heterocycles. The molecule has 5 nitrogen and oxygen atoms in total. The van der Waals surface area contributed by atoms with Gasteiger partial charge in [0.15, 0.2) is 15.3 Å². The highest BCUT2D eigenvalue weighted by atomic mass is 32.2. The van der Waals surface area contributed by atoms with Crippen molar-refractivity contribution in [2.75, 3.05) is 7.11 Å². The maximum Gasteiger partial charge on any atom is 0.184 e. The van der Waals surface area contributed by atoms with E-state index >= 15 is 0 Å². The van der Waals surface area contributed by atoms with E-state index in [1.807, 2.05) is 19.1 Å². The smallest absolute Gasteiger partial charge is 0.184 e. The summed E-state index contributed by atoms with van der Waals surface area (Å²) >= 11 is 0. The van der Waals surface area contributed by atoms with Crippen molar-refractivity contribution in [3.05, 3.63) is 59.7 Å². The second kappa shape index (κ2) is 5.91. The van der Waals surface area contributed by atoms with Gasteiger partial charge in [0.25, 0.3) is 0 Å². The summed E-state index contributed by atoms with van der Waals surface area (Å²) in [6.45, 7) is 1.86. The third-order valence-corrected chi connectivity index (χ3v) is 6.90. The van der Waals surface area contributed by atoms with Crippen LogP contribution in [0.2, 0.25) is 0 Å². The molecule has 0 bridgehead atoms. The van der Waals surface area contributed by atoms with Gasteiger partial charge in [-0.1, -0.05) is 29.8 Å². The molecule has 6 heteroatoms. The summed E-state index contributed by atoms with van der Waals surface area (Å²) in [7, 11) is -2.27. The Bertz CT molecular complexity index is 967. The van der Waals surface area contributed by atoms with Crippen molar-refractivity contribution in [3.8, 4) is 17.9 Å². The molecule has 2 aromatic rings. The van der Waals surface area contributed by atoms with E-state index < -0.39 is 26.4 Å². The van der Waals surface area contributed by atoms with E-state index in [-0.39, 0.29) is 4.90 Å². The summed E-state index contributed by atoms with van der Waals surface area (Å²) in [6.07, 6.45) is 0. The number of rotatable bonds is 4. The molecule has 25 heavy (non-hydrogen) atoms. The normalized spacial score (nSPS) is 21.0. The molecule has 0 aromatic heterocycles. The first kappa shape index (κ1) is 17.0. The molecule has 2 atom stereocenters. The molecule has 0 N–H and O–H groups in total. The number of nitriles is 2. The number of sulfone groups is 1.